The van der Waals surface area contributed by atoms with Gasteiger partial charge < -0.3 is 35.5 Å². The molecule has 314 valence electrons. The summed E-state index contributed by atoms with van der Waals surface area (Å²) in [5.74, 6) is -2.09. The number of thioether (sulfide) groups is 1. The van der Waals surface area contributed by atoms with Crippen molar-refractivity contribution in [2.75, 3.05) is 60.4 Å². The van der Waals surface area contributed by atoms with Crippen LogP contribution < -0.4 is 26.0 Å². The van der Waals surface area contributed by atoms with Gasteiger partial charge in [0, 0.05) is 21.5 Å². The van der Waals surface area contributed by atoms with Crippen LogP contribution in [0.15, 0.2) is 53.7 Å². The molecule has 23 heteroatoms. The third-order valence-corrected chi connectivity index (χ3v) is 8.28. The molecule has 0 fully saturated rings. The van der Waals surface area contributed by atoms with E-state index in [4.69, 9.17) is 37.5 Å². The van der Waals surface area contributed by atoms with E-state index in [1.165, 1.54) is 21.6 Å². The van der Waals surface area contributed by atoms with Crippen LogP contribution in [0.4, 0.5) is 34.6 Å². The van der Waals surface area contributed by atoms with E-state index in [0.717, 1.165) is 12.8 Å². The molecule has 0 spiro atoms. The van der Waals surface area contributed by atoms with Gasteiger partial charge in [0.1, 0.15) is 13.1 Å². The zero-order valence-electron chi connectivity index (χ0n) is 34.3. The van der Waals surface area contributed by atoms with E-state index >= 15 is 0 Å². The smallest absolute Gasteiger partial charge is 0.353 e. The summed E-state index contributed by atoms with van der Waals surface area (Å²) in [6.07, 6.45) is 3.32. The van der Waals surface area contributed by atoms with E-state index in [0.29, 0.717) is 28.9 Å². The monoisotopic (exact) mass is 843 g/mol. The number of nitrogen functional groups attached to an aromatic ring is 2. The summed E-state index contributed by atoms with van der Waals surface area (Å²) in [5.41, 5.74) is 12.7. The fraction of sp³-hybridized carbons (Fsp3) is 0.351. The summed E-state index contributed by atoms with van der Waals surface area (Å²) in [6, 6.07) is 17.3. The number of aromatic nitrogens is 4. The van der Waals surface area contributed by atoms with Gasteiger partial charge in [-0.1, -0.05) is 49.4 Å². The Morgan fingerprint density at radius 2 is 1.28 bits per heavy atom. The van der Waals surface area contributed by atoms with E-state index in [9.17, 15) is 29.8 Å². The Kier molecular flexibility index (Phi) is 19.2. The number of nitrogens with zero attached hydrogens (tertiary/aromatic N) is 10. The number of ether oxygens (including phenoxy) is 3. The molecular formula is C37H43BN12O9S. The molecular weight excluding hydrogens is 799 g/mol. The average molecular weight is 844 g/mol. The van der Waals surface area contributed by atoms with Gasteiger partial charge in [-0.2, -0.15) is 30.5 Å². The highest BCUT2D eigenvalue weighted by Crippen LogP contribution is 2.35. The summed E-state index contributed by atoms with van der Waals surface area (Å²) in [6.45, 7) is 5.45. The lowest BCUT2D eigenvalue weighted by molar-refractivity contribution is -0.383. The van der Waals surface area contributed by atoms with Crippen molar-refractivity contribution in [2.24, 2.45) is 0 Å². The van der Waals surface area contributed by atoms with Crippen LogP contribution in [0.3, 0.4) is 0 Å². The van der Waals surface area contributed by atoms with E-state index < -0.39 is 33.2 Å². The summed E-state index contributed by atoms with van der Waals surface area (Å²) < 4.78 is 20.7. The highest BCUT2D eigenvalue weighted by atomic mass is 32.2. The maximum absolute atomic E-state index is 12.2. The second kappa shape index (κ2) is 24.5. The lowest BCUT2D eigenvalue weighted by Gasteiger charge is -2.23. The van der Waals surface area contributed by atoms with Gasteiger partial charge in [-0.3, -0.25) is 29.8 Å². The van der Waals surface area contributed by atoms with E-state index in [1.54, 1.807) is 68.6 Å². The molecule has 21 nitrogen and oxygen atoms in total. The van der Waals surface area contributed by atoms with Crippen LogP contribution in [0.25, 0.3) is 0 Å². The maximum Gasteiger partial charge on any atom is 0.353 e. The molecule has 0 aliphatic carbocycles. The largest absolute Gasteiger partial charge is 0.465 e. The standard InChI is InChI=1S/C20H24N6O5.C17H18N6O4S.BH/c1-3-5-9-31-20-23-18(22)17(26(28)29)19(24-20)25(13-16(27)30-4-2)12-15-8-6-7-14(10-15)11-21;1-3-27-13(24)10-22(9-12-6-4-5-11(7-12)8-18)16-14(23(25)26)15(19)20-17(21-16)28-2;/h6-8,10H,3-5,9,12-13H2,1-2H3,(H2,22,23,24);4-7H,3,9-10H2,1-2H3,(H2,19,20,21);1H/i;;1D. The molecule has 2 radical (unpaired) electrons. The molecule has 0 aliphatic rings. The highest BCUT2D eigenvalue weighted by Gasteiger charge is 2.31. The van der Waals surface area contributed by atoms with Gasteiger partial charge in [0.25, 0.3) is 0 Å². The van der Waals surface area contributed by atoms with Gasteiger partial charge in [-0.15, -0.1) is 0 Å². The summed E-state index contributed by atoms with van der Waals surface area (Å²) in [4.78, 5) is 65.1. The Morgan fingerprint density at radius 3 is 1.70 bits per heavy atom. The first kappa shape index (κ1) is 47.1. The lowest BCUT2D eigenvalue weighted by Crippen LogP contribution is -2.32. The number of hydrogen-bond acceptors (Lipinski definition) is 20. The van der Waals surface area contributed by atoms with Gasteiger partial charge >= 0.3 is 29.3 Å². The minimum Gasteiger partial charge on any atom is -0.465 e. The number of benzene rings is 2. The predicted octanol–water partition coefficient (Wildman–Crippen LogP) is 4.07. The third kappa shape index (κ3) is 14.3. The fourth-order valence-corrected chi connectivity index (χ4v) is 5.56. The number of carbonyl (C=O) groups excluding carboxylic acids is 2. The zero-order chi connectivity index (χ0) is 45.5. The zero-order valence-corrected chi connectivity index (χ0v) is 34.1. The van der Waals surface area contributed by atoms with Crippen LogP contribution in [0, 0.1) is 42.9 Å². The van der Waals surface area contributed by atoms with Crippen molar-refractivity contribution in [3.05, 3.63) is 91.0 Å². The van der Waals surface area contributed by atoms with Crippen molar-refractivity contribution in [1.82, 2.24) is 19.9 Å². The minimum atomic E-state index is -0.704. The quantitative estimate of drug-likeness (QED) is 0.0255. The second-order valence-electron chi connectivity index (χ2n) is 12.0. The van der Waals surface area contributed by atoms with Crippen LogP contribution in [-0.2, 0) is 32.2 Å². The van der Waals surface area contributed by atoms with E-state index in [1.807, 2.05) is 19.1 Å². The Morgan fingerprint density at radius 1 is 0.817 bits per heavy atom. The van der Waals surface area contributed by atoms with Crippen LogP contribution in [0.2, 0.25) is 0 Å². The van der Waals surface area contributed by atoms with Crippen molar-refractivity contribution in [3.63, 3.8) is 0 Å². The van der Waals surface area contributed by atoms with Gasteiger partial charge in [0.2, 0.25) is 23.3 Å². The normalized spacial score (nSPS) is 10.1. The van der Waals surface area contributed by atoms with Crippen LogP contribution in [0.1, 0.15) is 55.9 Å². The van der Waals surface area contributed by atoms with Crippen molar-refractivity contribution in [2.45, 2.75) is 51.9 Å². The molecule has 0 atom stereocenters. The van der Waals surface area contributed by atoms with Gasteiger partial charge in [-0.25, -0.2) is 0 Å². The summed E-state index contributed by atoms with van der Waals surface area (Å²) in [5, 5.41) is 41.7. The molecule has 4 aromatic rings. The average Bonchev–Trinajstić information content (AvgIpc) is 3.23. The Balaban J connectivity index is 0.000000406. The molecule has 4 rings (SSSR count). The molecule has 0 saturated heterocycles. The van der Waals surface area contributed by atoms with Gasteiger partial charge in [0.05, 0.1) is 52.9 Å². The molecule has 0 bridgehead atoms. The predicted molar refractivity (Wildman–Crippen MR) is 223 cm³/mol. The van der Waals surface area contributed by atoms with Crippen LogP contribution >= 0.6 is 11.8 Å². The molecule has 0 saturated carbocycles. The first-order chi connectivity index (χ1) is 29.3. The summed E-state index contributed by atoms with van der Waals surface area (Å²) in [7, 11) is 3.75. The SMILES string of the molecule is CCCCOc1nc(N)c([N+](=O)[O-])c(N(CC(=O)OCC)Cc2cccc(C#N)c2)n1.CCOC(=O)CN(Cc1cccc(C#N)c1)c1nc(SC)nc(N)c1[N+](=O)[O-].[2H][B]. The summed E-state index contributed by atoms with van der Waals surface area (Å²) >= 11 is 1.17. The number of hydrogen-bond donors (Lipinski definition) is 2. The fourth-order valence-electron chi connectivity index (χ4n) is 5.19. The third-order valence-electron chi connectivity index (χ3n) is 7.73. The van der Waals surface area contributed by atoms with Crippen molar-refractivity contribution >= 4 is 66.7 Å². The number of anilines is 4. The molecule has 0 unspecified atom stereocenters. The number of esters is 2. The molecule has 60 heavy (non-hydrogen) atoms. The number of unbranched alkanes of at least 4 members (excludes halogenated alkanes) is 1. The maximum atomic E-state index is 12.2. The number of rotatable bonds is 19. The topological polar surface area (TPSA) is 306 Å². The first-order valence-electron chi connectivity index (χ1n) is 18.5. The van der Waals surface area contributed by atoms with Crippen molar-refractivity contribution in [3.8, 4) is 18.1 Å². The highest BCUT2D eigenvalue weighted by molar-refractivity contribution is 7.98. The molecule has 2 aromatic carbocycles. The minimum absolute atomic E-state index is 0.0417. The number of nitriles is 2. The van der Waals surface area contributed by atoms with Crippen molar-refractivity contribution < 1.29 is 33.6 Å². The molecule has 2 heterocycles. The van der Waals surface area contributed by atoms with Crippen molar-refractivity contribution in [1.29, 1.82) is 11.9 Å². The Labute approximate surface area is 352 Å². The second-order valence-corrected chi connectivity index (χ2v) is 12.8. The van der Waals surface area contributed by atoms with Crippen LogP contribution in [-0.4, -0.2) is 90.6 Å². The van der Waals surface area contributed by atoms with E-state index in [-0.39, 0.29) is 73.8 Å². The molecule has 0 aliphatic heterocycles. The number of carbonyl (C=O) groups is 2. The Hall–Kier alpha value is -7.27. The van der Waals surface area contributed by atoms with Crippen LogP contribution in [0.5, 0.6) is 6.01 Å². The van der Waals surface area contributed by atoms with Gasteiger partial charge in [0.15, 0.2) is 5.16 Å². The first-order valence-corrected chi connectivity index (χ1v) is 19.1. The van der Waals surface area contributed by atoms with E-state index in [2.05, 4.69) is 28.3 Å². The molecule has 2 aromatic heterocycles. The molecule has 0 amide bonds. The molecule has 4 N–H and O–H groups in total. The number of nitrogens with two attached hydrogens (primary N) is 2. The Bertz CT molecular complexity index is 2230. The lowest BCUT2D eigenvalue weighted by atomic mass is 10.1. The van der Waals surface area contributed by atoms with Gasteiger partial charge in [-0.05, 0) is 63.3 Å². The number of nitro groups is 2.